The molecule has 0 aliphatic rings. The molecule has 0 aliphatic heterocycles. The van der Waals surface area contributed by atoms with E-state index >= 15 is 0 Å². The maximum Gasteiger partial charge on any atom is 0.321 e. The summed E-state index contributed by atoms with van der Waals surface area (Å²) in [5.74, 6) is -0.146. The second kappa shape index (κ2) is 9.89. The van der Waals surface area contributed by atoms with Crippen LogP contribution in [-0.2, 0) is 11.3 Å². The number of thioether (sulfide) groups is 1. The van der Waals surface area contributed by atoms with Crippen LogP contribution in [0.25, 0.3) is 10.9 Å². The van der Waals surface area contributed by atoms with Gasteiger partial charge in [0.25, 0.3) is 5.56 Å². The Bertz CT molecular complexity index is 898. The summed E-state index contributed by atoms with van der Waals surface area (Å²) >= 11 is 4.51. The Kier molecular flexibility index (Phi) is 7.85. The van der Waals surface area contributed by atoms with Gasteiger partial charge in [-0.15, -0.1) is 0 Å². The number of imide groups is 1. The summed E-state index contributed by atoms with van der Waals surface area (Å²) in [7, 11) is 0. The van der Waals surface area contributed by atoms with Crippen LogP contribution in [0.5, 0.6) is 0 Å². The average molecular weight is 455 g/mol. The summed E-state index contributed by atoms with van der Waals surface area (Å²) in [4.78, 5) is 41.0. The quantitative estimate of drug-likeness (QED) is 0.494. The zero-order chi connectivity index (χ0) is 20.0. The highest BCUT2D eigenvalue weighted by Gasteiger charge is 2.14. The van der Waals surface area contributed by atoms with Crippen LogP contribution < -0.4 is 16.2 Å². The Morgan fingerprint density at radius 2 is 2.07 bits per heavy atom. The van der Waals surface area contributed by atoms with Gasteiger partial charge in [0, 0.05) is 17.6 Å². The molecule has 0 saturated carbocycles. The number of nitrogens with zero attached hydrogens (tertiary/aromatic N) is 2. The fraction of sp³-hybridized carbons (Fsp3) is 0.444. The van der Waals surface area contributed by atoms with Gasteiger partial charge in [0.1, 0.15) is 0 Å². The van der Waals surface area contributed by atoms with Gasteiger partial charge in [0.05, 0.1) is 16.7 Å². The number of amides is 3. The molecular formula is C18H23BrN4O3S. The van der Waals surface area contributed by atoms with E-state index in [2.05, 4.69) is 31.5 Å². The van der Waals surface area contributed by atoms with Crippen LogP contribution in [-0.4, -0.2) is 33.8 Å². The standard InChI is InChI=1S/C18H23BrN4O3S/c1-4-7-23-16(25)13-8-12(19)5-6-14(13)21-18(23)27-10-15(24)22-17(26)20-9-11(2)3/h5-6,8,11H,4,7,9-10H2,1-3H3,(H2,20,22,24,26). The lowest BCUT2D eigenvalue weighted by Crippen LogP contribution is -2.41. The molecule has 1 aromatic carbocycles. The first kappa shape index (κ1) is 21.4. The van der Waals surface area contributed by atoms with Crippen molar-refractivity contribution in [3.63, 3.8) is 0 Å². The van der Waals surface area contributed by atoms with E-state index in [-0.39, 0.29) is 11.3 Å². The Morgan fingerprint density at radius 1 is 1.33 bits per heavy atom. The molecule has 0 aliphatic carbocycles. The lowest BCUT2D eigenvalue weighted by Gasteiger charge is -2.12. The van der Waals surface area contributed by atoms with Crippen molar-refractivity contribution in [2.45, 2.75) is 38.9 Å². The minimum atomic E-state index is -0.517. The number of aromatic nitrogens is 2. The van der Waals surface area contributed by atoms with Crippen molar-refractivity contribution in [3.8, 4) is 0 Å². The zero-order valence-electron chi connectivity index (χ0n) is 15.5. The molecule has 0 fully saturated rings. The van der Waals surface area contributed by atoms with Gasteiger partial charge in [-0.05, 0) is 30.5 Å². The lowest BCUT2D eigenvalue weighted by molar-refractivity contribution is -0.117. The average Bonchev–Trinajstić information content (AvgIpc) is 2.61. The molecule has 0 saturated heterocycles. The number of carbonyl (C=O) groups excluding carboxylic acids is 2. The van der Waals surface area contributed by atoms with Crippen LogP contribution in [0.2, 0.25) is 0 Å². The SMILES string of the molecule is CCCn1c(SCC(=O)NC(=O)NCC(C)C)nc2ccc(Br)cc2c1=O. The summed E-state index contributed by atoms with van der Waals surface area (Å²) in [6, 6.07) is 4.81. The monoisotopic (exact) mass is 454 g/mol. The number of halogens is 1. The molecule has 2 rings (SSSR count). The summed E-state index contributed by atoms with van der Waals surface area (Å²) in [6.07, 6.45) is 0.762. The Morgan fingerprint density at radius 3 is 2.74 bits per heavy atom. The largest absolute Gasteiger partial charge is 0.338 e. The molecule has 0 bridgehead atoms. The van der Waals surface area contributed by atoms with Crippen molar-refractivity contribution >= 4 is 50.5 Å². The van der Waals surface area contributed by atoms with E-state index < -0.39 is 11.9 Å². The summed E-state index contributed by atoms with van der Waals surface area (Å²) in [5, 5.41) is 5.91. The number of rotatable bonds is 7. The molecular weight excluding hydrogens is 432 g/mol. The van der Waals surface area contributed by atoms with Crippen LogP contribution in [0.3, 0.4) is 0 Å². The van der Waals surface area contributed by atoms with Crippen LogP contribution >= 0.6 is 27.7 Å². The molecule has 0 radical (unpaired) electrons. The van der Waals surface area contributed by atoms with Gasteiger partial charge >= 0.3 is 6.03 Å². The Hall–Kier alpha value is -1.87. The van der Waals surface area contributed by atoms with Gasteiger partial charge in [-0.1, -0.05) is 48.5 Å². The number of urea groups is 1. The topological polar surface area (TPSA) is 93.1 Å². The van der Waals surface area contributed by atoms with E-state index in [0.29, 0.717) is 35.1 Å². The fourth-order valence-electron chi connectivity index (χ4n) is 2.34. The Labute approximate surface area is 170 Å². The molecule has 0 spiro atoms. The molecule has 9 heteroatoms. The van der Waals surface area contributed by atoms with E-state index in [1.807, 2.05) is 26.8 Å². The number of hydrogen-bond donors (Lipinski definition) is 2. The van der Waals surface area contributed by atoms with E-state index in [1.165, 1.54) is 0 Å². The van der Waals surface area contributed by atoms with Crippen molar-refractivity contribution in [1.29, 1.82) is 0 Å². The summed E-state index contributed by atoms with van der Waals surface area (Å²) in [6.45, 7) is 6.90. The molecule has 1 aromatic heterocycles. The second-order valence-corrected chi connectivity index (χ2v) is 8.31. The molecule has 7 nitrogen and oxygen atoms in total. The highest BCUT2D eigenvalue weighted by molar-refractivity contribution is 9.10. The Balaban J connectivity index is 2.14. The normalized spacial score (nSPS) is 11.0. The summed E-state index contributed by atoms with van der Waals surface area (Å²) in [5.41, 5.74) is 0.439. The number of fused-ring (bicyclic) bond motifs is 1. The fourth-order valence-corrected chi connectivity index (χ4v) is 3.52. The van der Waals surface area contributed by atoms with Gasteiger partial charge in [0.2, 0.25) is 5.91 Å². The van der Waals surface area contributed by atoms with Gasteiger partial charge in [-0.2, -0.15) is 0 Å². The first-order valence-corrected chi connectivity index (χ1v) is 10.5. The van der Waals surface area contributed by atoms with Gasteiger partial charge < -0.3 is 5.32 Å². The first-order chi connectivity index (χ1) is 12.8. The van der Waals surface area contributed by atoms with Crippen LogP contribution in [0.4, 0.5) is 4.79 Å². The third-order valence-corrected chi connectivity index (χ3v) is 5.05. The van der Waals surface area contributed by atoms with Crippen molar-refractivity contribution in [3.05, 3.63) is 33.0 Å². The van der Waals surface area contributed by atoms with E-state index in [4.69, 9.17) is 0 Å². The van der Waals surface area contributed by atoms with Crippen molar-refractivity contribution in [2.24, 2.45) is 5.92 Å². The van der Waals surface area contributed by atoms with E-state index in [9.17, 15) is 14.4 Å². The van der Waals surface area contributed by atoms with Crippen molar-refractivity contribution < 1.29 is 9.59 Å². The second-order valence-electron chi connectivity index (χ2n) is 6.45. The minimum absolute atomic E-state index is 0.00666. The van der Waals surface area contributed by atoms with E-state index in [1.54, 1.807) is 16.7 Å². The molecule has 2 N–H and O–H groups in total. The maximum absolute atomic E-state index is 12.8. The van der Waals surface area contributed by atoms with Crippen LogP contribution in [0.1, 0.15) is 27.2 Å². The molecule has 146 valence electrons. The molecule has 2 aromatic rings. The maximum atomic E-state index is 12.8. The molecule has 0 unspecified atom stereocenters. The van der Waals surface area contributed by atoms with Crippen molar-refractivity contribution in [2.75, 3.05) is 12.3 Å². The molecule has 0 atom stereocenters. The van der Waals surface area contributed by atoms with Gasteiger partial charge in [-0.3, -0.25) is 19.5 Å². The predicted octanol–water partition coefficient (Wildman–Crippen LogP) is 3.14. The number of benzene rings is 1. The number of hydrogen-bond acceptors (Lipinski definition) is 5. The molecule has 1 heterocycles. The number of nitrogens with one attached hydrogen (secondary N) is 2. The van der Waals surface area contributed by atoms with E-state index in [0.717, 1.165) is 22.7 Å². The third-order valence-electron chi connectivity index (χ3n) is 3.58. The van der Waals surface area contributed by atoms with Crippen molar-refractivity contribution in [1.82, 2.24) is 20.2 Å². The van der Waals surface area contributed by atoms with Crippen LogP contribution in [0, 0.1) is 5.92 Å². The highest BCUT2D eigenvalue weighted by atomic mass is 79.9. The zero-order valence-corrected chi connectivity index (χ0v) is 17.9. The smallest absolute Gasteiger partial charge is 0.321 e. The lowest BCUT2D eigenvalue weighted by atomic mass is 10.2. The molecule has 27 heavy (non-hydrogen) atoms. The molecule has 3 amide bonds. The van der Waals surface area contributed by atoms with Gasteiger partial charge in [0.15, 0.2) is 5.16 Å². The van der Waals surface area contributed by atoms with Gasteiger partial charge in [-0.25, -0.2) is 9.78 Å². The van der Waals surface area contributed by atoms with Crippen LogP contribution in [0.15, 0.2) is 32.6 Å². The predicted molar refractivity (Wildman–Crippen MR) is 111 cm³/mol. The third kappa shape index (κ3) is 6.07. The summed E-state index contributed by atoms with van der Waals surface area (Å²) < 4.78 is 2.38. The minimum Gasteiger partial charge on any atom is -0.338 e. The highest BCUT2D eigenvalue weighted by Crippen LogP contribution is 2.20. The number of carbonyl (C=O) groups is 2. The first-order valence-electron chi connectivity index (χ1n) is 8.72.